The minimum absolute atomic E-state index is 0.0328. The molecule has 1 atom stereocenters. The van der Waals surface area contributed by atoms with Crippen molar-refractivity contribution in [1.82, 2.24) is 9.96 Å². The lowest BCUT2D eigenvalue weighted by atomic mass is 10.3. The minimum Gasteiger partial charge on any atom is -0.480 e. The first kappa shape index (κ1) is 23.1. The summed E-state index contributed by atoms with van der Waals surface area (Å²) in [6.07, 6.45) is -0.328. The van der Waals surface area contributed by atoms with E-state index in [9.17, 15) is 22.8 Å². The Bertz CT molecular complexity index is 918. The van der Waals surface area contributed by atoms with E-state index in [1.807, 2.05) is 0 Å². The normalized spacial score (nSPS) is 16.3. The predicted molar refractivity (Wildman–Crippen MR) is 100 cm³/mol. The monoisotopic (exact) mass is 443 g/mol. The van der Waals surface area contributed by atoms with Crippen LogP contribution >= 0.6 is 0 Å². The van der Waals surface area contributed by atoms with Gasteiger partial charge in [-0.3, -0.25) is 19.3 Å². The summed E-state index contributed by atoms with van der Waals surface area (Å²) in [6, 6.07) is 7.63. The zero-order valence-electron chi connectivity index (χ0n) is 16.3. The van der Waals surface area contributed by atoms with Crippen molar-refractivity contribution in [3.05, 3.63) is 30.3 Å². The predicted octanol–water partition coefficient (Wildman–Crippen LogP) is -0.530. The van der Waals surface area contributed by atoms with E-state index in [1.54, 1.807) is 18.2 Å². The standard InChI is InChI=1S/C17H21N3O9S/c1-19-17(30(25,26)12-6-4-3-5-7-12)16(18-29-19)28-9-8-13(21)20(10-14(22)23)11-15(24)27-2/h3-7,17H,8-11H2,1-2H3,(H,22,23). The number of likely N-dealkylation sites (N-methyl/N-ethyl adjacent to an activating group) is 1. The van der Waals surface area contributed by atoms with Crippen molar-refractivity contribution in [2.75, 3.05) is 33.9 Å². The highest BCUT2D eigenvalue weighted by Crippen LogP contribution is 2.24. The molecule has 1 aliphatic rings. The number of hydrogen-bond donors (Lipinski definition) is 1. The molecule has 164 valence electrons. The molecule has 1 heterocycles. The van der Waals surface area contributed by atoms with Gasteiger partial charge in [-0.25, -0.2) is 8.42 Å². The SMILES string of the molecule is COC(=O)CN(CC(=O)O)C(=O)CCOC1=NON(C)C1S(=O)(=O)c1ccccc1. The third-order valence-corrected chi connectivity index (χ3v) is 5.97. The molecule has 0 fully saturated rings. The van der Waals surface area contributed by atoms with E-state index < -0.39 is 46.1 Å². The highest BCUT2D eigenvalue weighted by atomic mass is 32.2. The van der Waals surface area contributed by atoms with Gasteiger partial charge in [-0.2, -0.15) is 0 Å². The van der Waals surface area contributed by atoms with Crippen LogP contribution in [-0.4, -0.2) is 86.5 Å². The van der Waals surface area contributed by atoms with Gasteiger partial charge in [-0.05, 0) is 17.3 Å². The summed E-state index contributed by atoms with van der Waals surface area (Å²) in [5.41, 5.74) is 0. The lowest BCUT2D eigenvalue weighted by Crippen LogP contribution is -2.41. The van der Waals surface area contributed by atoms with E-state index in [0.717, 1.165) is 17.1 Å². The molecular formula is C17H21N3O9S. The van der Waals surface area contributed by atoms with Gasteiger partial charge >= 0.3 is 11.9 Å². The van der Waals surface area contributed by atoms with Gasteiger partial charge in [0, 0.05) is 7.05 Å². The number of aliphatic carboxylic acids is 1. The summed E-state index contributed by atoms with van der Waals surface area (Å²) < 4.78 is 35.5. The first-order valence-corrected chi connectivity index (χ1v) is 10.2. The van der Waals surface area contributed by atoms with E-state index in [1.165, 1.54) is 19.2 Å². The summed E-state index contributed by atoms with van der Waals surface area (Å²) >= 11 is 0. The van der Waals surface area contributed by atoms with Gasteiger partial charge in [-0.1, -0.05) is 23.3 Å². The molecule has 1 amide bonds. The lowest BCUT2D eigenvalue weighted by molar-refractivity contribution is -0.151. The molecule has 0 spiro atoms. The molecule has 0 saturated carbocycles. The largest absolute Gasteiger partial charge is 0.480 e. The molecule has 1 aromatic carbocycles. The highest BCUT2D eigenvalue weighted by molar-refractivity contribution is 7.92. The molecule has 0 radical (unpaired) electrons. The highest BCUT2D eigenvalue weighted by Gasteiger charge is 2.43. The molecule has 1 unspecified atom stereocenters. The smallest absolute Gasteiger partial charge is 0.325 e. The van der Waals surface area contributed by atoms with E-state index in [-0.39, 0.29) is 23.8 Å². The van der Waals surface area contributed by atoms with Crippen LogP contribution in [0.25, 0.3) is 0 Å². The Hall–Kier alpha value is -3.19. The molecule has 2 rings (SSSR count). The number of carbonyl (C=O) groups is 3. The molecule has 13 heteroatoms. The third-order valence-electron chi connectivity index (χ3n) is 3.96. The molecule has 1 N–H and O–H groups in total. The van der Waals surface area contributed by atoms with Crippen molar-refractivity contribution in [2.45, 2.75) is 16.7 Å². The van der Waals surface area contributed by atoms with E-state index in [0.29, 0.717) is 0 Å². The Labute approximate surface area is 172 Å². The van der Waals surface area contributed by atoms with E-state index in [2.05, 4.69) is 9.89 Å². The molecule has 0 saturated heterocycles. The van der Waals surface area contributed by atoms with E-state index in [4.69, 9.17) is 14.8 Å². The molecule has 12 nitrogen and oxygen atoms in total. The number of amides is 1. The number of sulfone groups is 1. The van der Waals surface area contributed by atoms with Gasteiger partial charge in [0.1, 0.15) is 13.1 Å². The van der Waals surface area contributed by atoms with Crippen molar-refractivity contribution >= 4 is 33.6 Å². The van der Waals surface area contributed by atoms with Crippen LogP contribution in [-0.2, 0) is 38.6 Å². The average molecular weight is 443 g/mol. The lowest BCUT2D eigenvalue weighted by Gasteiger charge is -2.20. The molecule has 1 aliphatic heterocycles. The van der Waals surface area contributed by atoms with Gasteiger partial charge in [0.2, 0.25) is 21.1 Å². The van der Waals surface area contributed by atoms with Gasteiger partial charge in [0.05, 0.1) is 25.0 Å². The van der Waals surface area contributed by atoms with Crippen LogP contribution in [0.2, 0.25) is 0 Å². The topological polar surface area (TPSA) is 152 Å². The van der Waals surface area contributed by atoms with Crippen molar-refractivity contribution in [3.63, 3.8) is 0 Å². The zero-order chi connectivity index (χ0) is 22.3. The second kappa shape index (κ2) is 10.0. The van der Waals surface area contributed by atoms with Gasteiger partial charge < -0.3 is 19.5 Å². The van der Waals surface area contributed by atoms with Crippen molar-refractivity contribution in [3.8, 4) is 0 Å². The molecule has 1 aromatic rings. The van der Waals surface area contributed by atoms with E-state index >= 15 is 0 Å². The van der Waals surface area contributed by atoms with Gasteiger partial charge in [-0.15, -0.1) is 0 Å². The summed E-state index contributed by atoms with van der Waals surface area (Å²) in [4.78, 5) is 40.2. The van der Waals surface area contributed by atoms with Gasteiger partial charge in [0.25, 0.3) is 5.90 Å². The van der Waals surface area contributed by atoms with Crippen LogP contribution in [0.3, 0.4) is 0 Å². The number of methoxy groups -OCH3 is 1. The zero-order valence-corrected chi connectivity index (χ0v) is 17.1. The first-order valence-electron chi connectivity index (χ1n) is 8.62. The number of esters is 1. The number of benzene rings is 1. The van der Waals surface area contributed by atoms with Crippen LogP contribution in [0.1, 0.15) is 6.42 Å². The fraction of sp³-hybridized carbons (Fsp3) is 0.412. The third kappa shape index (κ3) is 5.67. The quantitative estimate of drug-likeness (QED) is 0.493. The Balaban J connectivity index is 2.02. The number of carboxylic acids is 1. The minimum atomic E-state index is -3.93. The van der Waals surface area contributed by atoms with Crippen LogP contribution in [0, 0.1) is 0 Å². The maximum Gasteiger partial charge on any atom is 0.325 e. The first-order chi connectivity index (χ1) is 14.2. The van der Waals surface area contributed by atoms with Crippen molar-refractivity contribution < 1.29 is 42.3 Å². The summed E-state index contributed by atoms with van der Waals surface area (Å²) in [5.74, 6) is -3.06. The fourth-order valence-corrected chi connectivity index (χ4v) is 4.13. The summed E-state index contributed by atoms with van der Waals surface area (Å²) in [7, 11) is -1.46. The van der Waals surface area contributed by atoms with Crippen LogP contribution < -0.4 is 0 Å². The number of nitrogens with zero attached hydrogens (tertiary/aromatic N) is 3. The number of carbonyl (C=O) groups excluding carboxylic acids is 2. The van der Waals surface area contributed by atoms with Crippen LogP contribution in [0.15, 0.2) is 40.4 Å². The van der Waals surface area contributed by atoms with Crippen LogP contribution in [0.4, 0.5) is 0 Å². The number of carboxylic acid groups (broad SMARTS) is 1. The van der Waals surface area contributed by atoms with Gasteiger partial charge in [0.15, 0.2) is 0 Å². The Morgan fingerprint density at radius 1 is 1.23 bits per heavy atom. The number of oxime groups is 1. The van der Waals surface area contributed by atoms with Crippen molar-refractivity contribution in [1.29, 1.82) is 0 Å². The Morgan fingerprint density at radius 3 is 2.50 bits per heavy atom. The Morgan fingerprint density at radius 2 is 1.90 bits per heavy atom. The number of rotatable bonds is 9. The number of hydroxylamine groups is 2. The molecule has 0 aliphatic carbocycles. The Kier molecular flexibility index (Phi) is 7.72. The number of hydrogen-bond acceptors (Lipinski definition) is 10. The average Bonchev–Trinajstić information content (AvgIpc) is 3.08. The molecule has 0 aromatic heterocycles. The van der Waals surface area contributed by atoms with Crippen LogP contribution in [0.5, 0.6) is 0 Å². The molecule has 0 bridgehead atoms. The second-order valence-corrected chi connectivity index (χ2v) is 8.09. The summed E-state index contributed by atoms with van der Waals surface area (Å²) in [6.45, 7) is -1.56. The fourth-order valence-electron chi connectivity index (χ4n) is 2.53. The molecular weight excluding hydrogens is 422 g/mol. The number of ether oxygens (including phenoxy) is 2. The maximum absolute atomic E-state index is 12.9. The maximum atomic E-state index is 12.9. The summed E-state index contributed by atoms with van der Waals surface area (Å²) in [5, 5.41) is 12.1. The molecule has 30 heavy (non-hydrogen) atoms. The second-order valence-electron chi connectivity index (χ2n) is 6.09. The van der Waals surface area contributed by atoms with Crippen molar-refractivity contribution in [2.24, 2.45) is 5.16 Å².